The maximum absolute atomic E-state index is 9.75. The van der Waals surface area contributed by atoms with Gasteiger partial charge in [-0.05, 0) is 13.3 Å². The van der Waals surface area contributed by atoms with Crippen LogP contribution in [0.3, 0.4) is 0 Å². The Morgan fingerprint density at radius 2 is 1.45 bits per heavy atom. The molecule has 1 rings (SSSR count). The zero-order chi connectivity index (χ0) is 15.6. The van der Waals surface area contributed by atoms with Crippen molar-refractivity contribution in [3.05, 3.63) is 12.4 Å². The van der Waals surface area contributed by atoms with E-state index in [0.717, 1.165) is 0 Å². The highest BCUT2D eigenvalue weighted by Gasteiger charge is 2.20. The SMILES string of the molecule is CCCCCCCCN1C=CN(C)C1C.F[B-](F)(F)F. The number of hydrogen-bond acceptors (Lipinski definition) is 2. The molecule has 120 valence electrons. The Hall–Kier alpha value is -0.875. The number of unbranched alkanes of at least 4 members (excludes halogenated alkanes) is 5. The van der Waals surface area contributed by atoms with Crippen LogP contribution in [-0.4, -0.2) is 36.8 Å². The molecule has 7 heteroatoms. The fourth-order valence-electron chi connectivity index (χ4n) is 2.01. The van der Waals surface area contributed by atoms with Crippen molar-refractivity contribution in [2.45, 2.75) is 58.5 Å². The van der Waals surface area contributed by atoms with Crippen molar-refractivity contribution in [2.24, 2.45) is 0 Å². The third kappa shape index (κ3) is 11.0. The van der Waals surface area contributed by atoms with Crippen LogP contribution in [-0.2, 0) is 0 Å². The lowest BCUT2D eigenvalue weighted by Crippen LogP contribution is -2.34. The standard InChI is InChI=1S/C13H26N2.BF4/c1-4-5-6-7-8-9-10-15-12-11-14(3)13(15)2;2-1(3,4)5/h11-13H,4-10H2,1-3H3;/q;-1. The van der Waals surface area contributed by atoms with E-state index in [2.05, 4.69) is 43.1 Å². The molecule has 0 aliphatic carbocycles. The van der Waals surface area contributed by atoms with Gasteiger partial charge < -0.3 is 27.1 Å². The molecule has 0 saturated heterocycles. The lowest BCUT2D eigenvalue weighted by Gasteiger charge is -2.26. The fourth-order valence-corrected chi connectivity index (χ4v) is 2.01. The average molecular weight is 297 g/mol. The first-order valence-corrected chi connectivity index (χ1v) is 7.29. The van der Waals surface area contributed by atoms with Crippen molar-refractivity contribution in [1.82, 2.24) is 9.80 Å². The van der Waals surface area contributed by atoms with E-state index in [4.69, 9.17) is 0 Å². The zero-order valence-electron chi connectivity index (χ0n) is 12.7. The molecule has 20 heavy (non-hydrogen) atoms. The van der Waals surface area contributed by atoms with Crippen LogP contribution in [0.25, 0.3) is 0 Å². The van der Waals surface area contributed by atoms with Crippen LogP contribution in [0, 0.1) is 0 Å². The summed E-state index contributed by atoms with van der Waals surface area (Å²) in [4.78, 5) is 4.69. The van der Waals surface area contributed by atoms with Crippen molar-refractivity contribution >= 4 is 7.25 Å². The quantitative estimate of drug-likeness (QED) is 0.381. The highest BCUT2D eigenvalue weighted by atomic mass is 19.5. The predicted molar refractivity (Wildman–Crippen MR) is 76.6 cm³/mol. The van der Waals surface area contributed by atoms with Crippen molar-refractivity contribution in [2.75, 3.05) is 13.6 Å². The Balaban J connectivity index is 0.000000621. The number of hydrogen-bond donors (Lipinski definition) is 0. The normalized spacial score (nSPS) is 18.2. The smallest absolute Gasteiger partial charge is 0.418 e. The first kappa shape index (κ1) is 19.1. The van der Waals surface area contributed by atoms with Gasteiger partial charge in [-0.25, -0.2) is 0 Å². The van der Waals surface area contributed by atoms with Crippen LogP contribution in [0.4, 0.5) is 17.3 Å². The van der Waals surface area contributed by atoms with Crippen LogP contribution in [0.2, 0.25) is 0 Å². The van der Waals surface area contributed by atoms with Gasteiger partial charge in [-0.15, -0.1) is 0 Å². The van der Waals surface area contributed by atoms with Gasteiger partial charge in [0.25, 0.3) is 0 Å². The topological polar surface area (TPSA) is 6.48 Å². The molecule has 1 unspecified atom stereocenters. The number of rotatable bonds is 7. The Kier molecular flexibility index (Phi) is 9.50. The summed E-state index contributed by atoms with van der Waals surface area (Å²) in [6.45, 7) is 5.75. The van der Waals surface area contributed by atoms with Gasteiger partial charge in [-0.3, -0.25) is 0 Å². The number of nitrogens with zero attached hydrogens (tertiary/aromatic N) is 2. The highest BCUT2D eigenvalue weighted by molar-refractivity contribution is 6.50. The first-order chi connectivity index (χ1) is 9.25. The molecule has 2 nitrogen and oxygen atoms in total. The second-order valence-corrected chi connectivity index (χ2v) is 5.10. The first-order valence-electron chi connectivity index (χ1n) is 7.29. The lowest BCUT2D eigenvalue weighted by molar-refractivity contribution is 0.192. The Morgan fingerprint density at radius 1 is 0.950 bits per heavy atom. The molecule has 0 radical (unpaired) electrons. The summed E-state index contributed by atoms with van der Waals surface area (Å²) in [5.41, 5.74) is 0. The maximum atomic E-state index is 9.75. The van der Waals surface area contributed by atoms with E-state index in [1.807, 2.05) is 0 Å². The van der Waals surface area contributed by atoms with Gasteiger partial charge in [0.1, 0.15) is 0 Å². The molecule has 1 atom stereocenters. The molecular formula is C13H26BF4N2-. The van der Waals surface area contributed by atoms with Gasteiger partial charge >= 0.3 is 7.25 Å². The molecule has 0 amide bonds. The molecule has 0 fully saturated rings. The van der Waals surface area contributed by atoms with Gasteiger partial charge in [0, 0.05) is 26.0 Å². The minimum atomic E-state index is -6.00. The Bertz CT molecular complexity index is 266. The van der Waals surface area contributed by atoms with Gasteiger partial charge in [-0.2, -0.15) is 0 Å². The van der Waals surface area contributed by atoms with E-state index in [0.29, 0.717) is 6.17 Å². The molecule has 0 aromatic rings. The van der Waals surface area contributed by atoms with Crippen LogP contribution < -0.4 is 0 Å². The summed E-state index contributed by atoms with van der Waals surface area (Å²) in [6, 6.07) is 0. The molecule has 0 N–H and O–H groups in total. The van der Waals surface area contributed by atoms with E-state index in [1.165, 1.54) is 45.1 Å². The third-order valence-electron chi connectivity index (χ3n) is 3.33. The van der Waals surface area contributed by atoms with Gasteiger partial charge in [0.2, 0.25) is 0 Å². The van der Waals surface area contributed by atoms with Crippen LogP contribution in [0.1, 0.15) is 52.4 Å². The zero-order valence-corrected chi connectivity index (χ0v) is 12.7. The van der Waals surface area contributed by atoms with Gasteiger partial charge in [0.15, 0.2) is 0 Å². The molecular weight excluding hydrogens is 271 g/mol. The lowest BCUT2D eigenvalue weighted by atomic mass is 10.1. The van der Waals surface area contributed by atoms with E-state index in [9.17, 15) is 17.3 Å². The second-order valence-electron chi connectivity index (χ2n) is 5.10. The number of halogens is 4. The fraction of sp³-hybridized carbons (Fsp3) is 0.846. The van der Waals surface area contributed by atoms with Crippen LogP contribution in [0.5, 0.6) is 0 Å². The van der Waals surface area contributed by atoms with Gasteiger partial charge in [-0.1, -0.05) is 39.0 Å². The summed E-state index contributed by atoms with van der Waals surface area (Å²) in [5, 5.41) is 0. The summed E-state index contributed by atoms with van der Waals surface area (Å²) in [5.74, 6) is 0. The largest absolute Gasteiger partial charge is 0.673 e. The summed E-state index contributed by atoms with van der Waals surface area (Å²) >= 11 is 0. The van der Waals surface area contributed by atoms with Crippen LogP contribution >= 0.6 is 0 Å². The van der Waals surface area contributed by atoms with Crippen molar-refractivity contribution in [3.8, 4) is 0 Å². The van der Waals surface area contributed by atoms with Gasteiger partial charge in [0.05, 0.1) is 6.17 Å². The van der Waals surface area contributed by atoms with Crippen molar-refractivity contribution in [3.63, 3.8) is 0 Å². The monoisotopic (exact) mass is 297 g/mol. The van der Waals surface area contributed by atoms with Crippen LogP contribution in [0.15, 0.2) is 12.4 Å². The summed E-state index contributed by atoms with van der Waals surface area (Å²) < 4.78 is 39.0. The molecule has 0 saturated carbocycles. The van der Waals surface area contributed by atoms with E-state index in [-0.39, 0.29) is 0 Å². The summed E-state index contributed by atoms with van der Waals surface area (Å²) in [6.07, 6.45) is 13.3. The Morgan fingerprint density at radius 3 is 1.90 bits per heavy atom. The average Bonchev–Trinajstić information content (AvgIpc) is 2.63. The van der Waals surface area contributed by atoms with E-state index >= 15 is 0 Å². The van der Waals surface area contributed by atoms with E-state index in [1.54, 1.807) is 0 Å². The Labute approximate surface area is 119 Å². The molecule has 0 aromatic heterocycles. The molecule has 0 spiro atoms. The van der Waals surface area contributed by atoms with Crippen molar-refractivity contribution in [1.29, 1.82) is 0 Å². The molecule has 1 heterocycles. The minimum Gasteiger partial charge on any atom is -0.418 e. The molecule has 1 aliphatic heterocycles. The van der Waals surface area contributed by atoms with Crippen molar-refractivity contribution < 1.29 is 17.3 Å². The molecule has 1 aliphatic rings. The maximum Gasteiger partial charge on any atom is 0.673 e. The van der Waals surface area contributed by atoms with E-state index < -0.39 is 7.25 Å². The minimum absolute atomic E-state index is 0.556. The molecule has 0 aromatic carbocycles. The summed E-state index contributed by atoms with van der Waals surface area (Å²) in [7, 11) is -3.86. The molecule has 0 bridgehead atoms. The highest BCUT2D eigenvalue weighted by Crippen LogP contribution is 2.14. The third-order valence-corrected chi connectivity index (χ3v) is 3.33. The second kappa shape index (κ2) is 9.94. The predicted octanol–water partition coefficient (Wildman–Crippen LogP) is 4.71.